The van der Waals surface area contributed by atoms with E-state index in [4.69, 9.17) is 4.52 Å². The molecule has 0 spiro atoms. The van der Waals surface area contributed by atoms with E-state index in [0.29, 0.717) is 35.8 Å². The van der Waals surface area contributed by atoms with Gasteiger partial charge in [-0.15, -0.1) is 0 Å². The van der Waals surface area contributed by atoms with Crippen LogP contribution < -0.4 is 10.9 Å². The number of anilines is 2. The summed E-state index contributed by atoms with van der Waals surface area (Å²) in [5.41, 5.74) is 4.20. The molecular weight excluding hydrogens is 406 g/mol. The van der Waals surface area contributed by atoms with Crippen molar-refractivity contribution in [3.8, 4) is 22.5 Å². The molecule has 0 radical (unpaired) electrons. The van der Waals surface area contributed by atoms with Crippen molar-refractivity contribution in [1.82, 2.24) is 10.1 Å². The number of carboxylic acids is 1. The van der Waals surface area contributed by atoms with Crippen molar-refractivity contribution < 1.29 is 14.4 Å². The highest BCUT2D eigenvalue weighted by atomic mass is 16.5. The molecule has 2 aromatic heterocycles. The molecule has 0 aliphatic heterocycles. The van der Waals surface area contributed by atoms with Gasteiger partial charge < -0.3 is 19.9 Å². The molecule has 0 atom stereocenters. The molecule has 7 heteroatoms. The number of hydrogen-bond acceptors (Lipinski definition) is 5. The fraction of sp³-hybridized carbons (Fsp3) is 0.160. The van der Waals surface area contributed by atoms with Crippen LogP contribution in [0, 0.1) is 6.92 Å². The maximum absolute atomic E-state index is 11.6. The third-order valence-corrected chi connectivity index (χ3v) is 5.97. The molecule has 7 nitrogen and oxygen atoms in total. The number of hydrogen-bond donors (Lipinski definition) is 3. The third kappa shape index (κ3) is 3.47. The van der Waals surface area contributed by atoms with Crippen LogP contribution in [0.2, 0.25) is 0 Å². The molecule has 1 aliphatic carbocycles. The highest BCUT2D eigenvalue weighted by Crippen LogP contribution is 2.48. The minimum Gasteiger partial charge on any atom is -0.481 e. The minimum absolute atomic E-state index is 0.197. The largest absolute Gasteiger partial charge is 0.481 e. The summed E-state index contributed by atoms with van der Waals surface area (Å²) in [5, 5.41) is 16.7. The van der Waals surface area contributed by atoms with Crippen LogP contribution in [-0.4, -0.2) is 21.2 Å². The molecule has 0 amide bonds. The van der Waals surface area contributed by atoms with Gasteiger partial charge in [-0.25, -0.2) is 0 Å². The van der Waals surface area contributed by atoms with Gasteiger partial charge in [-0.1, -0.05) is 59.8 Å². The number of benzene rings is 2. The Balaban J connectivity index is 1.40. The zero-order valence-electron chi connectivity index (χ0n) is 17.4. The van der Waals surface area contributed by atoms with Crippen molar-refractivity contribution >= 4 is 17.5 Å². The Morgan fingerprint density at radius 1 is 1.00 bits per heavy atom. The fourth-order valence-electron chi connectivity index (χ4n) is 3.92. The number of H-pyrrole nitrogens is 1. The number of nitrogens with zero attached hydrogens (tertiary/aromatic N) is 1. The maximum Gasteiger partial charge on any atom is 0.314 e. The Labute approximate surface area is 183 Å². The van der Waals surface area contributed by atoms with Crippen LogP contribution in [0.25, 0.3) is 22.5 Å². The molecule has 160 valence electrons. The lowest BCUT2D eigenvalue weighted by atomic mass is 9.93. The van der Waals surface area contributed by atoms with Gasteiger partial charge in [-0.2, -0.15) is 0 Å². The van der Waals surface area contributed by atoms with E-state index in [1.807, 2.05) is 55.5 Å². The summed E-state index contributed by atoms with van der Waals surface area (Å²) >= 11 is 0. The molecule has 2 heterocycles. The van der Waals surface area contributed by atoms with E-state index in [2.05, 4.69) is 15.5 Å². The Morgan fingerprint density at radius 2 is 1.62 bits per heavy atom. The summed E-state index contributed by atoms with van der Waals surface area (Å²) in [6.07, 6.45) is 1.39. The van der Waals surface area contributed by atoms with Gasteiger partial charge in [0.15, 0.2) is 5.76 Å². The quantitative estimate of drug-likeness (QED) is 0.405. The summed E-state index contributed by atoms with van der Waals surface area (Å²) in [5.74, 6) is 0.378. The predicted molar refractivity (Wildman–Crippen MR) is 121 cm³/mol. The Hall–Kier alpha value is -4.13. The molecule has 2 aromatic carbocycles. The lowest BCUT2D eigenvalue weighted by Gasteiger charge is -2.11. The number of aromatic nitrogens is 2. The predicted octanol–water partition coefficient (Wildman–Crippen LogP) is 4.87. The van der Waals surface area contributed by atoms with Crippen molar-refractivity contribution in [1.29, 1.82) is 0 Å². The topological polar surface area (TPSA) is 108 Å². The first-order valence-electron chi connectivity index (χ1n) is 10.3. The van der Waals surface area contributed by atoms with Crippen molar-refractivity contribution in [2.45, 2.75) is 25.2 Å². The van der Waals surface area contributed by atoms with Crippen LogP contribution in [0.1, 0.15) is 24.1 Å². The smallest absolute Gasteiger partial charge is 0.314 e. The van der Waals surface area contributed by atoms with E-state index >= 15 is 0 Å². The summed E-state index contributed by atoms with van der Waals surface area (Å²) in [6, 6.07) is 20.5. The molecule has 4 aromatic rings. The van der Waals surface area contributed by atoms with Gasteiger partial charge in [-0.05, 0) is 42.5 Å². The lowest BCUT2D eigenvalue weighted by Crippen LogP contribution is -2.19. The van der Waals surface area contributed by atoms with Gasteiger partial charge in [0.05, 0.1) is 5.41 Å². The van der Waals surface area contributed by atoms with E-state index in [-0.39, 0.29) is 5.56 Å². The molecule has 0 bridgehead atoms. The number of aliphatic carboxylic acids is 1. The Morgan fingerprint density at radius 3 is 2.22 bits per heavy atom. The van der Waals surface area contributed by atoms with E-state index in [1.54, 1.807) is 12.1 Å². The van der Waals surface area contributed by atoms with E-state index in [1.165, 1.54) is 6.07 Å². The van der Waals surface area contributed by atoms with Crippen molar-refractivity contribution in [3.63, 3.8) is 0 Å². The summed E-state index contributed by atoms with van der Waals surface area (Å²) in [4.78, 5) is 25.9. The third-order valence-electron chi connectivity index (χ3n) is 5.97. The summed E-state index contributed by atoms with van der Waals surface area (Å²) < 4.78 is 5.55. The number of carbonyl (C=O) groups is 1. The standard InChI is InChI=1S/C25H21N3O4/c1-15-22(27-20-3-2-4-21(29)26-20)23(32-28-15)18-7-5-16(6-8-18)17-9-11-19(12-10-17)25(13-14-25)24(30)31/h2-12H,13-14H2,1H3,(H,30,31)(H2,26,27,29). The number of nitrogens with one attached hydrogen (secondary N) is 2. The second-order valence-electron chi connectivity index (χ2n) is 8.07. The fourth-order valence-corrected chi connectivity index (χ4v) is 3.92. The highest BCUT2D eigenvalue weighted by molar-refractivity contribution is 5.85. The van der Waals surface area contributed by atoms with Gasteiger partial charge in [0, 0.05) is 11.6 Å². The number of rotatable bonds is 6. The van der Waals surface area contributed by atoms with Gasteiger partial charge >= 0.3 is 5.97 Å². The zero-order valence-corrected chi connectivity index (χ0v) is 17.4. The molecule has 5 rings (SSSR count). The van der Waals surface area contributed by atoms with Crippen LogP contribution in [0.4, 0.5) is 11.5 Å². The van der Waals surface area contributed by atoms with Gasteiger partial charge in [0.2, 0.25) is 5.56 Å². The first-order valence-corrected chi connectivity index (χ1v) is 10.3. The second-order valence-corrected chi connectivity index (χ2v) is 8.07. The second kappa shape index (κ2) is 7.53. The molecule has 0 unspecified atom stereocenters. The van der Waals surface area contributed by atoms with Crippen molar-refractivity contribution in [2.75, 3.05) is 5.32 Å². The van der Waals surface area contributed by atoms with E-state index in [9.17, 15) is 14.7 Å². The molecule has 0 saturated heterocycles. The number of aromatic amines is 1. The molecular formula is C25H21N3O4. The number of aryl methyl sites for hydroxylation is 1. The first-order chi connectivity index (χ1) is 15.5. The molecule has 32 heavy (non-hydrogen) atoms. The molecule has 1 aliphatic rings. The highest BCUT2D eigenvalue weighted by Gasteiger charge is 2.51. The van der Waals surface area contributed by atoms with E-state index < -0.39 is 11.4 Å². The monoisotopic (exact) mass is 427 g/mol. The summed E-state index contributed by atoms with van der Waals surface area (Å²) in [7, 11) is 0. The van der Waals surface area contributed by atoms with E-state index in [0.717, 1.165) is 22.3 Å². The van der Waals surface area contributed by atoms with Crippen LogP contribution in [0.3, 0.4) is 0 Å². The van der Waals surface area contributed by atoms with Crippen molar-refractivity contribution in [2.24, 2.45) is 0 Å². The molecule has 1 saturated carbocycles. The van der Waals surface area contributed by atoms with Gasteiger partial charge in [0.25, 0.3) is 0 Å². The van der Waals surface area contributed by atoms with Crippen LogP contribution in [0.15, 0.2) is 76.0 Å². The SMILES string of the molecule is Cc1noc(-c2ccc(-c3ccc(C4(C(=O)O)CC4)cc3)cc2)c1Nc1cccc(=O)[nH]1. The average Bonchev–Trinajstić information content (AvgIpc) is 3.54. The van der Waals surface area contributed by atoms with Crippen LogP contribution >= 0.6 is 0 Å². The van der Waals surface area contributed by atoms with Crippen LogP contribution in [0.5, 0.6) is 0 Å². The zero-order chi connectivity index (χ0) is 22.3. The minimum atomic E-state index is -0.749. The van der Waals surface area contributed by atoms with Gasteiger partial charge in [0.1, 0.15) is 17.2 Å². The number of carboxylic acid groups (broad SMARTS) is 1. The van der Waals surface area contributed by atoms with Crippen LogP contribution in [-0.2, 0) is 10.2 Å². The maximum atomic E-state index is 11.6. The Kier molecular flexibility index (Phi) is 4.66. The first kappa shape index (κ1) is 19.8. The molecule has 1 fully saturated rings. The normalized spacial score (nSPS) is 14.2. The van der Waals surface area contributed by atoms with Gasteiger partial charge in [-0.3, -0.25) is 9.59 Å². The van der Waals surface area contributed by atoms with Crippen molar-refractivity contribution in [3.05, 3.63) is 88.3 Å². The summed E-state index contributed by atoms with van der Waals surface area (Å²) in [6.45, 7) is 1.83. The Bertz CT molecular complexity index is 1350. The molecule has 3 N–H and O–H groups in total. The number of pyridine rings is 1. The lowest BCUT2D eigenvalue weighted by molar-refractivity contribution is -0.140. The average molecular weight is 427 g/mol.